The van der Waals surface area contributed by atoms with Gasteiger partial charge in [-0.25, -0.2) is 0 Å². The summed E-state index contributed by atoms with van der Waals surface area (Å²) in [7, 11) is 0. The summed E-state index contributed by atoms with van der Waals surface area (Å²) >= 11 is 12.5. The lowest BCUT2D eigenvalue weighted by Gasteiger charge is -2.14. The minimum absolute atomic E-state index is 0. The number of benzene rings is 2. The van der Waals surface area contributed by atoms with Gasteiger partial charge in [0.25, 0.3) is 10.5 Å². The van der Waals surface area contributed by atoms with Crippen LogP contribution < -0.4 is 11.3 Å². The SMILES string of the molecule is CC(C)(C)NN.Cl.O=C(Cl)c1cccc(I)c1.O=C(Cl)c1ccccc1. The first-order chi connectivity index (χ1) is 11.6. The molecule has 26 heavy (non-hydrogen) atoms. The number of nitrogens with one attached hydrogen (secondary N) is 1. The first-order valence-electron chi connectivity index (χ1n) is 7.25. The van der Waals surface area contributed by atoms with Crippen LogP contribution in [0, 0.1) is 3.57 Å². The minimum atomic E-state index is -0.407. The summed E-state index contributed by atoms with van der Waals surface area (Å²) in [6.45, 7) is 6.02. The quantitative estimate of drug-likeness (QED) is 0.235. The van der Waals surface area contributed by atoms with Crippen LogP contribution in [0.1, 0.15) is 41.5 Å². The zero-order valence-corrected chi connectivity index (χ0v) is 19.1. The maximum Gasteiger partial charge on any atom is 0.252 e. The molecule has 144 valence electrons. The fraction of sp³-hybridized carbons (Fsp3) is 0.222. The Kier molecular flexibility index (Phi) is 15.2. The van der Waals surface area contributed by atoms with Gasteiger partial charge in [-0.2, -0.15) is 0 Å². The Hall–Kier alpha value is -0.700. The fourth-order valence-electron chi connectivity index (χ4n) is 1.18. The molecule has 0 unspecified atom stereocenters. The van der Waals surface area contributed by atoms with E-state index in [4.69, 9.17) is 29.0 Å². The number of carbonyl (C=O) groups excluding carboxylic acids is 2. The lowest BCUT2D eigenvalue weighted by Crippen LogP contribution is -2.41. The van der Waals surface area contributed by atoms with Crippen LogP contribution in [0.3, 0.4) is 0 Å². The molecule has 0 bridgehead atoms. The van der Waals surface area contributed by atoms with E-state index in [1.54, 1.807) is 42.5 Å². The summed E-state index contributed by atoms with van der Waals surface area (Å²) in [6.07, 6.45) is 0. The lowest BCUT2D eigenvalue weighted by atomic mass is 10.1. The Labute approximate surface area is 184 Å². The summed E-state index contributed by atoms with van der Waals surface area (Å²) in [6, 6.07) is 15.9. The Bertz CT molecular complexity index is 678. The van der Waals surface area contributed by atoms with E-state index in [-0.39, 0.29) is 17.9 Å². The lowest BCUT2D eigenvalue weighted by molar-refractivity contribution is 0.107. The van der Waals surface area contributed by atoms with E-state index in [0.29, 0.717) is 11.1 Å². The molecule has 2 aromatic carbocycles. The van der Waals surface area contributed by atoms with Gasteiger partial charge in [-0.3, -0.25) is 20.9 Å². The molecule has 0 atom stereocenters. The van der Waals surface area contributed by atoms with Crippen molar-refractivity contribution in [3.63, 3.8) is 0 Å². The monoisotopic (exact) mass is 530 g/mol. The van der Waals surface area contributed by atoms with Crippen molar-refractivity contribution in [1.29, 1.82) is 0 Å². The average Bonchev–Trinajstić information content (AvgIpc) is 2.56. The highest BCUT2D eigenvalue weighted by Gasteiger charge is 2.02. The second kappa shape index (κ2) is 14.4. The van der Waals surface area contributed by atoms with Crippen molar-refractivity contribution in [2.75, 3.05) is 0 Å². The molecule has 0 saturated carbocycles. The molecule has 4 nitrogen and oxygen atoms in total. The van der Waals surface area contributed by atoms with Crippen molar-refractivity contribution >= 4 is 68.7 Å². The summed E-state index contributed by atoms with van der Waals surface area (Å²) in [5.41, 5.74) is 3.76. The van der Waals surface area contributed by atoms with Crippen molar-refractivity contribution in [2.24, 2.45) is 5.84 Å². The van der Waals surface area contributed by atoms with E-state index in [1.165, 1.54) is 0 Å². The zero-order valence-electron chi connectivity index (χ0n) is 14.6. The van der Waals surface area contributed by atoms with Gasteiger partial charge in [0.2, 0.25) is 0 Å². The molecule has 0 amide bonds. The van der Waals surface area contributed by atoms with Crippen LogP contribution >= 0.6 is 58.2 Å². The molecule has 2 rings (SSSR count). The van der Waals surface area contributed by atoms with Gasteiger partial charge in [0.15, 0.2) is 0 Å². The van der Waals surface area contributed by atoms with Gasteiger partial charge in [-0.15, -0.1) is 12.4 Å². The minimum Gasteiger partial charge on any atom is -0.276 e. The smallest absolute Gasteiger partial charge is 0.252 e. The molecule has 0 saturated heterocycles. The van der Waals surface area contributed by atoms with Gasteiger partial charge in [0, 0.05) is 20.2 Å². The highest BCUT2D eigenvalue weighted by atomic mass is 127. The number of halogens is 4. The molecule has 2 aromatic rings. The fourth-order valence-corrected chi connectivity index (χ4v) is 1.97. The van der Waals surface area contributed by atoms with Gasteiger partial charge in [0.1, 0.15) is 0 Å². The van der Waals surface area contributed by atoms with Gasteiger partial charge < -0.3 is 0 Å². The summed E-state index contributed by atoms with van der Waals surface area (Å²) in [5.74, 6) is 5.06. The van der Waals surface area contributed by atoms with Crippen LogP contribution in [-0.4, -0.2) is 16.0 Å². The summed E-state index contributed by atoms with van der Waals surface area (Å²) < 4.78 is 1.02. The number of nitrogens with two attached hydrogens (primary N) is 1. The standard InChI is InChI=1S/C7H4ClIO.C7H5ClO.C4H12N2.ClH/c8-7(10)5-2-1-3-6(9)4-5;8-7(9)6-4-2-1-3-5-6;1-4(2,3)6-5;/h1-4H;1-5H;6H,5H2,1-3H3;1H. The third-order valence-electron chi connectivity index (χ3n) is 2.49. The second-order valence-corrected chi connectivity index (χ2v) is 7.75. The third-order valence-corrected chi connectivity index (χ3v) is 3.59. The van der Waals surface area contributed by atoms with E-state index in [2.05, 4.69) is 28.0 Å². The predicted molar refractivity (Wildman–Crippen MR) is 120 cm³/mol. The van der Waals surface area contributed by atoms with Crippen molar-refractivity contribution in [3.05, 3.63) is 69.3 Å². The maximum absolute atomic E-state index is 10.6. The topological polar surface area (TPSA) is 72.2 Å². The van der Waals surface area contributed by atoms with Crippen LogP contribution in [0.4, 0.5) is 0 Å². The molecule has 0 radical (unpaired) electrons. The average molecular weight is 532 g/mol. The highest BCUT2D eigenvalue weighted by molar-refractivity contribution is 14.1. The molecule has 3 N–H and O–H groups in total. The molecule has 0 spiro atoms. The van der Waals surface area contributed by atoms with Crippen molar-refractivity contribution in [2.45, 2.75) is 26.3 Å². The van der Waals surface area contributed by atoms with E-state index in [9.17, 15) is 9.59 Å². The van der Waals surface area contributed by atoms with Crippen molar-refractivity contribution in [3.8, 4) is 0 Å². The molecule has 0 fully saturated rings. The number of carbonyl (C=O) groups is 2. The Morgan fingerprint density at radius 3 is 1.62 bits per heavy atom. The van der Waals surface area contributed by atoms with Gasteiger partial charge in [-0.05, 0) is 78.7 Å². The first kappa shape index (κ1) is 27.5. The normalized spacial score (nSPS) is 9.50. The van der Waals surface area contributed by atoms with Crippen LogP contribution in [0.2, 0.25) is 0 Å². The summed E-state index contributed by atoms with van der Waals surface area (Å²) in [5, 5.41) is -0.811. The van der Waals surface area contributed by atoms with Crippen LogP contribution in [0.15, 0.2) is 54.6 Å². The first-order valence-corrected chi connectivity index (χ1v) is 9.08. The van der Waals surface area contributed by atoms with E-state index >= 15 is 0 Å². The van der Waals surface area contributed by atoms with E-state index in [1.807, 2.05) is 32.9 Å². The number of rotatable bonds is 2. The molecule has 0 heterocycles. The highest BCUT2D eigenvalue weighted by Crippen LogP contribution is 2.09. The number of hydrogen-bond donors (Lipinski definition) is 2. The molecular weight excluding hydrogens is 509 g/mol. The molecule has 0 aliphatic carbocycles. The Morgan fingerprint density at radius 2 is 1.35 bits per heavy atom. The molecule has 0 aliphatic heterocycles. The summed E-state index contributed by atoms with van der Waals surface area (Å²) in [4.78, 5) is 21.0. The zero-order chi connectivity index (χ0) is 19.5. The van der Waals surface area contributed by atoms with Crippen molar-refractivity contribution in [1.82, 2.24) is 5.43 Å². The Morgan fingerprint density at radius 1 is 0.923 bits per heavy atom. The van der Waals surface area contributed by atoms with Crippen LogP contribution in [0.25, 0.3) is 0 Å². The molecular formula is C18H22Cl3IN2O2. The van der Waals surface area contributed by atoms with Crippen LogP contribution in [0.5, 0.6) is 0 Å². The van der Waals surface area contributed by atoms with E-state index < -0.39 is 10.5 Å². The molecule has 0 aromatic heterocycles. The molecule has 8 heteroatoms. The molecule has 0 aliphatic rings. The second-order valence-electron chi connectivity index (χ2n) is 5.82. The third kappa shape index (κ3) is 14.5. The Balaban J connectivity index is 0. The number of hydrazine groups is 1. The van der Waals surface area contributed by atoms with Gasteiger partial charge >= 0.3 is 0 Å². The maximum atomic E-state index is 10.6. The van der Waals surface area contributed by atoms with Gasteiger partial charge in [0.05, 0.1) is 0 Å². The largest absolute Gasteiger partial charge is 0.276 e. The van der Waals surface area contributed by atoms with E-state index in [0.717, 1.165) is 3.57 Å². The van der Waals surface area contributed by atoms with Gasteiger partial charge in [-0.1, -0.05) is 42.5 Å². The van der Waals surface area contributed by atoms with Crippen LogP contribution in [-0.2, 0) is 0 Å². The predicted octanol–water partition coefficient (Wildman–Crippen LogP) is 5.41. The number of hydrogen-bond acceptors (Lipinski definition) is 4. The van der Waals surface area contributed by atoms with Crippen molar-refractivity contribution < 1.29 is 9.59 Å².